The predicted molar refractivity (Wildman–Crippen MR) is 121 cm³/mol. The minimum Gasteiger partial charge on any atom is -0.497 e. The molecule has 6 heteroatoms. The van der Waals surface area contributed by atoms with E-state index in [1.807, 2.05) is 47.6 Å². The molecule has 0 unspecified atom stereocenters. The maximum atomic E-state index is 12.9. The Morgan fingerprint density at radius 2 is 2.00 bits per heavy atom. The van der Waals surface area contributed by atoms with Gasteiger partial charge in [0.2, 0.25) is 5.91 Å². The second kappa shape index (κ2) is 9.33. The number of carbonyl (C=O) groups is 1. The van der Waals surface area contributed by atoms with Crippen LogP contribution in [0.4, 0.5) is 0 Å². The minimum atomic E-state index is 0.169. The molecule has 162 valence electrons. The summed E-state index contributed by atoms with van der Waals surface area (Å²) in [6.07, 6.45) is 6.24. The van der Waals surface area contributed by atoms with Crippen molar-refractivity contribution in [2.45, 2.75) is 44.9 Å². The molecule has 0 bridgehead atoms. The van der Waals surface area contributed by atoms with Gasteiger partial charge in [-0.3, -0.25) is 9.36 Å². The fourth-order valence-electron chi connectivity index (χ4n) is 4.21. The molecule has 0 aliphatic carbocycles. The average Bonchev–Trinajstić information content (AvgIpc) is 3.30. The highest BCUT2D eigenvalue weighted by molar-refractivity contribution is 5.79. The fourth-order valence-corrected chi connectivity index (χ4v) is 4.21. The van der Waals surface area contributed by atoms with Crippen LogP contribution in [0.2, 0.25) is 0 Å². The molecule has 0 radical (unpaired) electrons. The highest BCUT2D eigenvalue weighted by Gasteiger charge is 2.26. The maximum Gasteiger partial charge on any atom is 0.227 e. The molecule has 6 nitrogen and oxygen atoms in total. The van der Waals surface area contributed by atoms with Crippen LogP contribution in [0.15, 0.2) is 54.9 Å². The molecule has 1 amide bonds. The van der Waals surface area contributed by atoms with Crippen molar-refractivity contribution in [2.75, 3.05) is 20.2 Å². The number of hydrogen-bond acceptors (Lipinski definition) is 4. The Labute approximate surface area is 183 Å². The number of piperidine rings is 1. The van der Waals surface area contributed by atoms with Crippen LogP contribution in [-0.4, -0.2) is 45.5 Å². The van der Waals surface area contributed by atoms with E-state index < -0.39 is 0 Å². The standard InChI is InChI=1S/C25H30N4O2/c1-18(2)25-26-13-15-29(25)23-8-4-7-22(27-23)20-6-5-14-28(17-20)24(30)16-19-9-11-21(31-3)12-10-19/h4,7-13,15,18,20H,5-6,14,16-17H2,1-3H3/t20-/m0/s1. The van der Waals surface area contributed by atoms with Gasteiger partial charge in [-0.1, -0.05) is 32.0 Å². The maximum absolute atomic E-state index is 12.9. The first-order valence-electron chi connectivity index (χ1n) is 11.0. The smallest absolute Gasteiger partial charge is 0.227 e. The van der Waals surface area contributed by atoms with E-state index in [4.69, 9.17) is 9.72 Å². The number of ether oxygens (including phenoxy) is 1. The van der Waals surface area contributed by atoms with E-state index in [-0.39, 0.29) is 11.8 Å². The molecular formula is C25H30N4O2. The summed E-state index contributed by atoms with van der Waals surface area (Å²) in [7, 11) is 1.65. The Morgan fingerprint density at radius 3 is 2.74 bits per heavy atom. The summed E-state index contributed by atoms with van der Waals surface area (Å²) in [5, 5.41) is 0. The third-order valence-electron chi connectivity index (χ3n) is 5.90. The number of benzene rings is 1. The van der Waals surface area contributed by atoms with Crippen molar-refractivity contribution in [1.29, 1.82) is 0 Å². The van der Waals surface area contributed by atoms with Crippen molar-refractivity contribution in [2.24, 2.45) is 0 Å². The first-order valence-corrected chi connectivity index (χ1v) is 11.0. The van der Waals surface area contributed by atoms with Crippen LogP contribution in [0.1, 0.15) is 55.6 Å². The summed E-state index contributed by atoms with van der Waals surface area (Å²) in [6, 6.07) is 13.9. The first kappa shape index (κ1) is 21.1. The lowest BCUT2D eigenvalue weighted by atomic mass is 9.93. The van der Waals surface area contributed by atoms with Crippen LogP contribution < -0.4 is 4.74 Å². The summed E-state index contributed by atoms with van der Waals surface area (Å²) >= 11 is 0. The monoisotopic (exact) mass is 418 g/mol. The molecular weight excluding hydrogens is 388 g/mol. The van der Waals surface area contributed by atoms with E-state index >= 15 is 0 Å². The summed E-state index contributed by atoms with van der Waals surface area (Å²) in [5.74, 6) is 3.44. The predicted octanol–water partition coefficient (Wildman–Crippen LogP) is 4.35. The Morgan fingerprint density at radius 1 is 1.19 bits per heavy atom. The molecule has 31 heavy (non-hydrogen) atoms. The van der Waals surface area contributed by atoms with Gasteiger partial charge in [0.1, 0.15) is 17.4 Å². The second-order valence-corrected chi connectivity index (χ2v) is 8.43. The number of aromatic nitrogens is 3. The second-order valence-electron chi connectivity index (χ2n) is 8.43. The van der Waals surface area contributed by atoms with Gasteiger partial charge in [-0.15, -0.1) is 0 Å². The molecule has 4 rings (SSSR count). The first-order chi connectivity index (χ1) is 15.0. The molecule has 1 aliphatic heterocycles. The molecule has 3 aromatic rings. The third-order valence-corrected chi connectivity index (χ3v) is 5.90. The van der Waals surface area contributed by atoms with Gasteiger partial charge in [0.15, 0.2) is 0 Å². The van der Waals surface area contributed by atoms with Crippen molar-refractivity contribution in [3.63, 3.8) is 0 Å². The zero-order chi connectivity index (χ0) is 21.8. The summed E-state index contributed by atoms with van der Waals surface area (Å²) in [5.41, 5.74) is 2.05. The summed E-state index contributed by atoms with van der Waals surface area (Å²) in [4.78, 5) is 24.4. The quantitative estimate of drug-likeness (QED) is 0.597. The van der Waals surface area contributed by atoms with Gasteiger partial charge in [-0.2, -0.15) is 0 Å². The van der Waals surface area contributed by atoms with Crippen LogP contribution >= 0.6 is 0 Å². The van der Waals surface area contributed by atoms with Crippen molar-refractivity contribution >= 4 is 5.91 Å². The molecule has 1 aliphatic rings. The molecule has 1 fully saturated rings. The molecule has 0 spiro atoms. The lowest BCUT2D eigenvalue weighted by Gasteiger charge is -2.33. The van der Waals surface area contributed by atoms with Gasteiger partial charge < -0.3 is 9.64 Å². The highest BCUT2D eigenvalue weighted by Crippen LogP contribution is 2.27. The van der Waals surface area contributed by atoms with Crippen molar-refractivity contribution in [3.05, 3.63) is 71.9 Å². The van der Waals surface area contributed by atoms with Crippen LogP contribution in [0.5, 0.6) is 5.75 Å². The number of amides is 1. The largest absolute Gasteiger partial charge is 0.497 e. The number of methoxy groups -OCH3 is 1. The van der Waals surface area contributed by atoms with Crippen LogP contribution in [0, 0.1) is 0 Å². The average molecular weight is 419 g/mol. The van der Waals surface area contributed by atoms with Crippen LogP contribution in [0.25, 0.3) is 5.82 Å². The number of nitrogens with zero attached hydrogens (tertiary/aromatic N) is 4. The van der Waals surface area contributed by atoms with Crippen molar-refractivity contribution < 1.29 is 9.53 Å². The van der Waals surface area contributed by atoms with Gasteiger partial charge in [-0.25, -0.2) is 9.97 Å². The lowest BCUT2D eigenvalue weighted by Crippen LogP contribution is -2.40. The SMILES string of the molecule is COc1ccc(CC(=O)N2CCC[C@H](c3cccc(-n4ccnc4C(C)C)n3)C2)cc1. The van der Waals surface area contributed by atoms with E-state index in [2.05, 4.69) is 35.5 Å². The Hall–Kier alpha value is -3.15. The van der Waals surface area contributed by atoms with E-state index in [9.17, 15) is 4.79 Å². The summed E-state index contributed by atoms with van der Waals surface area (Å²) < 4.78 is 7.26. The molecule has 1 atom stereocenters. The fraction of sp³-hybridized carbons (Fsp3) is 0.400. The molecule has 1 saturated heterocycles. The third kappa shape index (κ3) is 4.79. The Bertz CT molecular complexity index is 1030. The number of pyridine rings is 1. The molecule has 2 aromatic heterocycles. The number of hydrogen-bond donors (Lipinski definition) is 0. The molecule has 0 N–H and O–H groups in total. The minimum absolute atomic E-state index is 0.169. The number of imidazole rings is 1. The number of likely N-dealkylation sites (tertiary alicyclic amines) is 1. The zero-order valence-electron chi connectivity index (χ0n) is 18.5. The lowest BCUT2D eigenvalue weighted by molar-refractivity contribution is -0.131. The van der Waals surface area contributed by atoms with Crippen LogP contribution in [-0.2, 0) is 11.2 Å². The highest BCUT2D eigenvalue weighted by atomic mass is 16.5. The number of carbonyl (C=O) groups excluding carboxylic acids is 1. The van der Waals surface area contributed by atoms with Gasteiger partial charge in [0, 0.05) is 43.0 Å². The molecule has 1 aromatic carbocycles. The van der Waals surface area contributed by atoms with Gasteiger partial charge in [0.25, 0.3) is 0 Å². The van der Waals surface area contributed by atoms with Crippen molar-refractivity contribution in [1.82, 2.24) is 19.4 Å². The van der Waals surface area contributed by atoms with Crippen molar-refractivity contribution in [3.8, 4) is 11.6 Å². The van der Waals surface area contributed by atoms with Gasteiger partial charge in [-0.05, 0) is 42.7 Å². The van der Waals surface area contributed by atoms with E-state index in [1.54, 1.807) is 7.11 Å². The van der Waals surface area contributed by atoms with Gasteiger partial charge >= 0.3 is 0 Å². The Balaban J connectivity index is 1.47. The van der Waals surface area contributed by atoms with E-state index in [1.165, 1.54) is 0 Å². The normalized spacial score (nSPS) is 16.5. The molecule has 0 saturated carbocycles. The van der Waals surface area contributed by atoms with E-state index in [0.717, 1.165) is 48.0 Å². The molecule has 3 heterocycles. The van der Waals surface area contributed by atoms with Gasteiger partial charge in [0.05, 0.1) is 13.5 Å². The summed E-state index contributed by atoms with van der Waals surface area (Å²) in [6.45, 7) is 5.79. The van der Waals surface area contributed by atoms with E-state index in [0.29, 0.717) is 18.9 Å². The topological polar surface area (TPSA) is 60.2 Å². The Kier molecular flexibility index (Phi) is 6.35. The zero-order valence-corrected chi connectivity index (χ0v) is 18.5. The van der Waals surface area contributed by atoms with Crippen LogP contribution in [0.3, 0.4) is 0 Å². The number of rotatable bonds is 6.